The number of benzene rings is 1. The van der Waals surface area contributed by atoms with Gasteiger partial charge in [0.1, 0.15) is 34.3 Å². The lowest BCUT2D eigenvalue weighted by atomic mass is 9.97. The van der Waals surface area contributed by atoms with Crippen LogP contribution in [-0.2, 0) is 0 Å². The molecule has 0 aliphatic heterocycles. The van der Waals surface area contributed by atoms with Crippen molar-refractivity contribution in [2.45, 2.75) is 5.03 Å². The van der Waals surface area contributed by atoms with Crippen LogP contribution in [0.25, 0.3) is 11.1 Å². The lowest BCUT2D eigenvalue weighted by molar-refractivity contribution is 0.195. The number of amides is 1. The van der Waals surface area contributed by atoms with Crippen LogP contribution >= 0.6 is 11.8 Å². The summed E-state index contributed by atoms with van der Waals surface area (Å²) in [4.78, 5) is 14.6. The predicted octanol–water partition coefficient (Wildman–Crippen LogP) is 2.14. The maximum atomic E-state index is 10.5. The highest BCUT2D eigenvalue weighted by Crippen LogP contribution is 2.35. The third-order valence-corrected chi connectivity index (χ3v) is 4.17. The Balaban J connectivity index is 2.49. The fraction of sp³-hybridized carbons (Fsp3) is 0.125. The molecule has 1 amide bonds. The first-order valence-electron chi connectivity index (χ1n) is 7.00. The maximum Gasteiger partial charge on any atom is 0.404 e. The van der Waals surface area contributed by atoms with Crippen LogP contribution in [0.15, 0.2) is 29.3 Å². The standard InChI is InChI=1S/C16H13N5O3S/c17-7-11-13(9-1-3-10(22)4-2-9)12(8-18)15(21-14(11)19)25-6-5-20-16(23)24/h1-4,20,22H,5-6H2,(H2,19,21)(H,23,24). The molecule has 8 nitrogen and oxygen atoms in total. The molecule has 25 heavy (non-hydrogen) atoms. The number of pyridine rings is 1. The fourth-order valence-corrected chi connectivity index (χ4v) is 2.98. The molecule has 0 radical (unpaired) electrons. The number of phenolic OH excluding ortho intramolecular Hbond substituents is 1. The van der Waals surface area contributed by atoms with E-state index in [0.29, 0.717) is 21.9 Å². The number of hydrogen-bond donors (Lipinski definition) is 4. The van der Waals surface area contributed by atoms with Crippen molar-refractivity contribution in [2.24, 2.45) is 0 Å². The van der Waals surface area contributed by atoms with Crippen LogP contribution in [0.5, 0.6) is 5.75 Å². The Labute approximate surface area is 147 Å². The van der Waals surface area contributed by atoms with Gasteiger partial charge in [-0.15, -0.1) is 11.8 Å². The lowest BCUT2D eigenvalue weighted by Gasteiger charge is -2.13. The van der Waals surface area contributed by atoms with E-state index >= 15 is 0 Å². The topological polar surface area (TPSA) is 156 Å². The Morgan fingerprint density at radius 1 is 1.24 bits per heavy atom. The van der Waals surface area contributed by atoms with Crippen LogP contribution < -0.4 is 11.1 Å². The number of rotatable bonds is 5. The molecule has 0 aliphatic carbocycles. The lowest BCUT2D eigenvalue weighted by Crippen LogP contribution is -2.23. The van der Waals surface area contributed by atoms with Crippen LogP contribution in [0, 0.1) is 22.7 Å². The van der Waals surface area contributed by atoms with Crippen LogP contribution in [-0.4, -0.2) is 33.6 Å². The van der Waals surface area contributed by atoms with Gasteiger partial charge < -0.3 is 21.3 Å². The summed E-state index contributed by atoms with van der Waals surface area (Å²) in [6.45, 7) is 0.168. The van der Waals surface area contributed by atoms with E-state index in [1.807, 2.05) is 12.1 Å². The summed E-state index contributed by atoms with van der Waals surface area (Å²) in [7, 11) is 0. The number of anilines is 1. The molecule has 0 aliphatic rings. The Morgan fingerprint density at radius 3 is 2.44 bits per heavy atom. The van der Waals surface area contributed by atoms with Crippen molar-refractivity contribution < 1.29 is 15.0 Å². The average molecular weight is 355 g/mol. The molecule has 0 spiro atoms. The highest BCUT2D eigenvalue weighted by molar-refractivity contribution is 7.99. The van der Waals surface area contributed by atoms with Crippen molar-refractivity contribution in [1.29, 1.82) is 10.5 Å². The molecule has 1 aromatic heterocycles. The number of phenols is 1. The highest BCUT2D eigenvalue weighted by atomic mass is 32.2. The second-order valence-corrected chi connectivity index (χ2v) is 5.86. The number of aromatic nitrogens is 1. The van der Waals surface area contributed by atoms with E-state index in [1.165, 1.54) is 12.1 Å². The molecular formula is C16H13N5O3S. The van der Waals surface area contributed by atoms with Gasteiger partial charge in [-0.05, 0) is 17.7 Å². The van der Waals surface area contributed by atoms with E-state index in [9.17, 15) is 20.4 Å². The molecular weight excluding hydrogens is 342 g/mol. The SMILES string of the molecule is N#Cc1c(N)nc(SCCNC(=O)O)c(C#N)c1-c1ccc(O)cc1. The number of carbonyl (C=O) groups is 1. The molecule has 9 heteroatoms. The monoisotopic (exact) mass is 355 g/mol. The number of nitrogens with two attached hydrogens (primary N) is 1. The predicted molar refractivity (Wildman–Crippen MR) is 91.9 cm³/mol. The summed E-state index contributed by atoms with van der Waals surface area (Å²) >= 11 is 1.16. The van der Waals surface area contributed by atoms with E-state index < -0.39 is 6.09 Å². The average Bonchev–Trinajstić information content (AvgIpc) is 2.58. The van der Waals surface area contributed by atoms with Crippen LogP contribution in [0.1, 0.15) is 11.1 Å². The Hall–Kier alpha value is -3.43. The summed E-state index contributed by atoms with van der Waals surface area (Å²) in [5.74, 6) is 0.379. The summed E-state index contributed by atoms with van der Waals surface area (Å²) in [5, 5.41) is 39.5. The van der Waals surface area contributed by atoms with Crippen molar-refractivity contribution >= 4 is 23.7 Å². The minimum atomic E-state index is -1.14. The minimum Gasteiger partial charge on any atom is -0.508 e. The third-order valence-electron chi connectivity index (χ3n) is 3.19. The number of nitrogen functional groups attached to an aromatic ring is 1. The molecule has 0 saturated heterocycles. The summed E-state index contributed by atoms with van der Waals surface area (Å²) in [6, 6.07) is 10.0. The first-order valence-corrected chi connectivity index (χ1v) is 7.99. The largest absolute Gasteiger partial charge is 0.508 e. The second kappa shape index (κ2) is 7.90. The molecule has 1 heterocycles. The van der Waals surface area contributed by atoms with Gasteiger partial charge in [0.25, 0.3) is 0 Å². The first kappa shape index (κ1) is 17.9. The Morgan fingerprint density at radius 2 is 1.88 bits per heavy atom. The van der Waals surface area contributed by atoms with E-state index in [4.69, 9.17) is 10.8 Å². The fourth-order valence-electron chi connectivity index (χ4n) is 2.12. The molecule has 1 aromatic carbocycles. The van der Waals surface area contributed by atoms with Crippen molar-refractivity contribution in [2.75, 3.05) is 18.0 Å². The molecule has 0 atom stereocenters. The van der Waals surface area contributed by atoms with Crippen LogP contribution in [0.2, 0.25) is 0 Å². The number of nitriles is 2. The number of nitrogens with zero attached hydrogens (tertiary/aromatic N) is 3. The van der Waals surface area contributed by atoms with Crippen molar-refractivity contribution in [1.82, 2.24) is 10.3 Å². The minimum absolute atomic E-state index is 0.0155. The normalized spacial score (nSPS) is 9.84. The van der Waals surface area contributed by atoms with Gasteiger partial charge in [-0.2, -0.15) is 10.5 Å². The molecule has 5 N–H and O–H groups in total. The van der Waals surface area contributed by atoms with Gasteiger partial charge in [0.05, 0.1) is 5.56 Å². The van der Waals surface area contributed by atoms with Gasteiger partial charge >= 0.3 is 6.09 Å². The van der Waals surface area contributed by atoms with Gasteiger partial charge in [-0.1, -0.05) is 12.1 Å². The number of carboxylic acid groups (broad SMARTS) is 1. The van der Waals surface area contributed by atoms with Gasteiger partial charge in [-0.3, -0.25) is 0 Å². The zero-order valence-electron chi connectivity index (χ0n) is 12.9. The van der Waals surface area contributed by atoms with Gasteiger partial charge in [0, 0.05) is 17.9 Å². The van der Waals surface area contributed by atoms with Gasteiger partial charge in [0.2, 0.25) is 0 Å². The molecule has 0 bridgehead atoms. The van der Waals surface area contributed by atoms with E-state index in [-0.39, 0.29) is 29.2 Å². The number of thioether (sulfide) groups is 1. The van der Waals surface area contributed by atoms with Crippen molar-refractivity contribution in [3.63, 3.8) is 0 Å². The molecule has 0 fully saturated rings. The number of aromatic hydroxyl groups is 1. The number of hydrogen-bond acceptors (Lipinski definition) is 7. The molecule has 2 rings (SSSR count). The summed E-state index contributed by atoms with van der Waals surface area (Å²) in [6.07, 6.45) is -1.14. The van der Waals surface area contributed by atoms with Crippen molar-refractivity contribution in [3.8, 4) is 29.0 Å². The van der Waals surface area contributed by atoms with Crippen LogP contribution in [0.3, 0.4) is 0 Å². The summed E-state index contributed by atoms with van der Waals surface area (Å²) < 4.78 is 0. The maximum absolute atomic E-state index is 10.5. The van der Waals surface area contributed by atoms with E-state index in [2.05, 4.69) is 10.3 Å². The second-order valence-electron chi connectivity index (χ2n) is 4.78. The van der Waals surface area contributed by atoms with E-state index in [0.717, 1.165) is 11.8 Å². The smallest absolute Gasteiger partial charge is 0.404 e. The first-order chi connectivity index (χ1) is 12.0. The highest BCUT2D eigenvalue weighted by Gasteiger charge is 2.20. The van der Waals surface area contributed by atoms with Crippen molar-refractivity contribution in [3.05, 3.63) is 35.4 Å². The number of nitrogens with one attached hydrogen (secondary N) is 1. The summed E-state index contributed by atoms with van der Waals surface area (Å²) in [5.41, 5.74) is 7.00. The Bertz CT molecular complexity index is 885. The third kappa shape index (κ3) is 4.10. The zero-order chi connectivity index (χ0) is 18.4. The van der Waals surface area contributed by atoms with Gasteiger partial charge in [0.15, 0.2) is 0 Å². The Kier molecular flexibility index (Phi) is 5.66. The molecule has 2 aromatic rings. The van der Waals surface area contributed by atoms with Crippen LogP contribution in [0.4, 0.5) is 10.6 Å². The zero-order valence-corrected chi connectivity index (χ0v) is 13.7. The van der Waals surface area contributed by atoms with Gasteiger partial charge in [-0.25, -0.2) is 9.78 Å². The quantitative estimate of drug-likeness (QED) is 0.469. The molecule has 126 valence electrons. The molecule has 0 unspecified atom stereocenters. The van der Waals surface area contributed by atoms with E-state index in [1.54, 1.807) is 12.1 Å². The molecule has 0 saturated carbocycles.